The number of unbranched alkanes of at least 4 members (excludes halogenated alkanes) is 13. The Kier molecular flexibility index (Phi) is 12.1. The Morgan fingerprint density at radius 1 is 0.786 bits per heavy atom. The maximum Gasteiger partial charge on any atom is 0.233 e. The van der Waals surface area contributed by atoms with Crippen LogP contribution in [0.3, 0.4) is 0 Å². The highest BCUT2D eigenvalue weighted by atomic mass is 16.5. The molecule has 1 N–H and O–H groups in total. The van der Waals surface area contributed by atoms with Crippen molar-refractivity contribution in [2.45, 2.75) is 96.8 Å². The summed E-state index contributed by atoms with van der Waals surface area (Å²) in [5, 5.41) is 7.20. The Morgan fingerprint density at radius 2 is 1.39 bits per heavy atom. The van der Waals surface area contributed by atoms with E-state index in [0.717, 1.165) is 24.4 Å². The maximum atomic E-state index is 5.75. The molecule has 0 bridgehead atoms. The Morgan fingerprint density at radius 3 is 1.96 bits per heavy atom. The van der Waals surface area contributed by atoms with Crippen molar-refractivity contribution < 1.29 is 4.74 Å². The Bertz CT molecular complexity index is 597. The summed E-state index contributed by atoms with van der Waals surface area (Å²) < 4.78 is 5.75. The molecule has 0 aromatic carbocycles. The maximum absolute atomic E-state index is 5.75. The normalized spacial score (nSPS) is 11.0. The van der Waals surface area contributed by atoms with Gasteiger partial charge in [0.25, 0.3) is 0 Å². The number of nitrogens with zero attached hydrogens (tertiary/aromatic N) is 2. The summed E-state index contributed by atoms with van der Waals surface area (Å²) in [5.74, 6) is 0.662. The summed E-state index contributed by atoms with van der Waals surface area (Å²) in [7, 11) is 0. The Balaban J connectivity index is 1.37. The van der Waals surface area contributed by atoms with Crippen molar-refractivity contribution in [3.8, 4) is 17.3 Å². The number of H-pyrrole nitrogens is 1. The molecule has 156 valence electrons. The molecule has 0 unspecified atom stereocenters. The Hall–Kier alpha value is -1.84. The van der Waals surface area contributed by atoms with Gasteiger partial charge in [-0.3, -0.25) is 10.1 Å². The lowest BCUT2D eigenvalue weighted by Crippen LogP contribution is -1.97. The monoisotopic (exact) mass is 385 g/mol. The second-order valence-corrected chi connectivity index (χ2v) is 7.78. The third kappa shape index (κ3) is 9.91. The molecular formula is C24H39N3O. The van der Waals surface area contributed by atoms with Gasteiger partial charge < -0.3 is 4.74 Å². The first kappa shape index (κ1) is 22.4. The lowest BCUT2D eigenvalue weighted by atomic mass is 10.0. The summed E-state index contributed by atoms with van der Waals surface area (Å²) in [6, 6.07) is 7.77. The molecule has 0 aliphatic heterocycles. The van der Waals surface area contributed by atoms with Crippen molar-refractivity contribution in [3.05, 3.63) is 30.5 Å². The van der Waals surface area contributed by atoms with Crippen LogP contribution in [0.4, 0.5) is 0 Å². The van der Waals surface area contributed by atoms with Gasteiger partial charge in [0, 0.05) is 12.3 Å². The number of hydrogen-bond donors (Lipinski definition) is 1. The van der Waals surface area contributed by atoms with Crippen LogP contribution in [0.2, 0.25) is 0 Å². The predicted octanol–water partition coefficient (Wildman–Crippen LogP) is 7.33. The first-order valence-corrected chi connectivity index (χ1v) is 11.5. The second kappa shape index (κ2) is 15.1. The average molecular weight is 386 g/mol. The molecule has 0 fully saturated rings. The molecule has 0 saturated heterocycles. The van der Waals surface area contributed by atoms with Gasteiger partial charge in [-0.15, -0.1) is 5.10 Å². The fourth-order valence-corrected chi connectivity index (χ4v) is 3.50. The van der Waals surface area contributed by atoms with Crippen LogP contribution in [0.15, 0.2) is 30.5 Å². The lowest BCUT2D eigenvalue weighted by Gasteiger charge is -2.04. The molecule has 0 aliphatic rings. The molecule has 2 aromatic rings. The molecule has 4 heteroatoms. The van der Waals surface area contributed by atoms with Gasteiger partial charge in [0.1, 0.15) is 0 Å². The molecule has 2 heterocycles. The Labute approximate surface area is 171 Å². The van der Waals surface area contributed by atoms with Crippen LogP contribution in [0.5, 0.6) is 5.88 Å². The summed E-state index contributed by atoms with van der Waals surface area (Å²) in [4.78, 5) is 4.31. The number of nitrogens with one attached hydrogen (secondary N) is 1. The minimum atomic E-state index is 0.662. The SMILES string of the molecule is CCCCCCCCCCCCCCCCOc1cc(-c2ccccn2)[nH]n1. The van der Waals surface area contributed by atoms with Gasteiger partial charge in [-0.1, -0.05) is 96.5 Å². The van der Waals surface area contributed by atoms with Crippen LogP contribution in [-0.2, 0) is 0 Å². The third-order valence-electron chi connectivity index (χ3n) is 5.24. The number of rotatable bonds is 17. The number of hydrogen-bond acceptors (Lipinski definition) is 3. The zero-order valence-corrected chi connectivity index (χ0v) is 17.8. The molecule has 4 nitrogen and oxygen atoms in total. The van der Waals surface area contributed by atoms with Crippen LogP contribution >= 0.6 is 0 Å². The molecule has 2 aromatic heterocycles. The van der Waals surface area contributed by atoms with E-state index in [1.165, 1.54) is 83.5 Å². The zero-order chi connectivity index (χ0) is 19.7. The summed E-state index contributed by atoms with van der Waals surface area (Å²) in [5.41, 5.74) is 1.79. The number of aromatic nitrogens is 3. The molecular weight excluding hydrogens is 346 g/mol. The van der Waals surface area contributed by atoms with E-state index in [1.807, 2.05) is 24.3 Å². The predicted molar refractivity (Wildman–Crippen MR) is 118 cm³/mol. The molecule has 0 amide bonds. The minimum Gasteiger partial charge on any atom is -0.477 e. The summed E-state index contributed by atoms with van der Waals surface area (Å²) in [6.07, 6.45) is 21.0. The van der Waals surface area contributed by atoms with Gasteiger partial charge in [-0.05, 0) is 18.6 Å². The van der Waals surface area contributed by atoms with Gasteiger partial charge in [-0.2, -0.15) is 0 Å². The van der Waals surface area contributed by atoms with E-state index < -0.39 is 0 Å². The van der Waals surface area contributed by atoms with Crippen molar-refractivity contribution in [2.24, 2.45) is 0 Å². The molecule has 0 atom stereocenters. The molecule has 0 aliphatic carbocycles. The second-order valence-electron chi connectivity index (χ2n) is 7.78. The number of aromatic amines is 1. The highest BCUT2D eigenvalue weighted by Crippen LogP contribution is 2.18. The lowest BCUT2D eigenvalue weighted by molar-refractivity contribution is 0.292. The van der Waals surface area contributed by atoms with Crippen LogP contribution in [0.25, 0.3) is 11.4 Å². The van der Waals surface area contributed by atoms with E-state index in [9.17, 15) is 0 Å². The van der Waals surface area contributed by atoms with E-state index >= 15 is 0 Å². The fourth-order valence-electron chi connectivity index (χ4n) is 3.50. The quantitative estimate of drug-likeness (QED) is 0.290. The van der Waals surface area contributed by atoms with E-state index in [0.29, 0.717) is 5.88 Å². The van der Waals surface area contributed by atoms with Crippen molar-refractivity contribution in [3.63, 3.8) is 0 Å². The van der Waals surface area contributed by atoms with Crippen molar-refractivity contribution in [1.82, 2.24) is 15.2 Å². The van der Waals surface area contributed by atoms with Crippen LogP contribution in [0, 0.1) is 0 Å². The van der Waals surface area contributed by atoms with Gasteiger partial charge in [0.2, 0.25) is 5.88 Å². The average Bonchev–Trinajstić information content (AvgIpc) is 3.20. The first-order valence-electron chi connectivity index (χ1n) is 11.5. The molecule has 0 radical (unpaired) electrons. The smallest absolute Gasteiger partial charge is 0.233 e. The van der Waals surface area contributed by atoms with E-state index in [-0.39, 0.29) is 0 Å². The number of ether oxygens (including phenoxy) is 1. The van der Waals surface area contributed by atoms with E-state index in [4.69, 9.17) is 4.74 Å². The standard InChI is InChI=1S/C24H39N3O/c1-2-3-4-5-6-7-8-9-10-11-12-13-14-17-20-28-24-21-23(26-27-24)22-18-15-16-19-25-22/h15-16,18-19,21H,2-14,17,20H2,1H3,(H,26,27). The van der Waals surface area contributed by atoms with E-state index in [2.05, 4.69) is 22.1 Å². The van der Waals surface area contributed by atoms with Gasteiger partial charge in [-0.25, -0.2) is 0 Å². The van der Waals surface area contributed by atoms with Crippen molar-refractivity contribution in [2.75, 3.05) is 6.61 Å². The van der Waals surface area contributed by atoms with Crippen LogP contribution < -0.4 is 4.74 Å². The van der Waals surface area contributed by atoms with Crippen LogP contribution in [0.1, 0.15) is 96.8 Å². The minimum absolute atomic E-state index is 0.662. The molecule has 0 spiro atoms. The fraction of sp³-hybridized carbons (Fsp3) is 0.667. The largest absolute Gasteiger partial charge is 0.477 e. The molecule has 0 saturated carbocycles. The summed E-state index contributed by atoms with van der Waals surface area (Å²) in [6.45, 7) is 3.02. The van der Waals surface area contributed by atoms with Gasteiger partial charge >= 0.3 is 0 Å². The molecule has 2 rings (SSSR count). The molecule has 28 heavy (non-hydrogen) atoms. The van der Waals surface area contributed by atoms with Crippen molar-refractivity contribution in [1.29, 1.82) is 0 Å². The van der Waals surface area contributed by atoms with Crippen molar-refractivity contribution >= 4 is 0 Å². The number of pyridine rings is 1. The van der Waals surface area contributed by atoms with E-state index in [1.54, 1.807) is 6.20 Å². The van der Waals surface area contributed by atoms with Crippen LogP contribution in [-0.4, -0.2) is 21.8 Å². The third-order valence-corrected chi connectivity index (χ3v) is 5.24. The van der Waals surface area contributed by atoms with Gasteiger partial charge in [0.15, 0.2) is 0 Å². The van der Waals surface area contributed by atoms with Gasteiger partial charge in [0.05, 0.1) is 18.0 Å². The highest BCUT2D eigenvalue weighted by Gasteiger charge is 2.04. The highest BCUT2D eigenvalue weighted by molar-refractivity contribution is 5.54. The topological polar surface area (TPSA) is 50.8 Å². The first-order chi connectivity index (χ1) is 13.9. The summed E-state index contributed by atoms with van der Waals surface area (Å²) >= 11 is 0. The zero-order valence-electron chi connectivity index (χ0n) is 17.8.